The van der Waals surface area contributed by atoms with Gasteiger partial charge in [0.25, 0.3) is 0 Å². The number of rotatable bonds is 5. The first-order valence-electron chi connectivity index (χ1n) is 8.86. The monoisotopic (exact) mass is 399 g/mol. The molecule has 4 atom stereocenters. The standard InChI is InChI=1S/C17H29N3O6Si/c1-10(22)18-12-7-8-20(16(24)19-12)15-14(13(23)11(9-21)25-15)26-27(5,6)17(2,3)4/h7-8,11,13-15,21,23H,9H2,1-6H3,(H,18,19,22,24)/t11-,13?,14?,15-/m1/s1. The normalized spacial score (nSPS) is 26.2. The van der Waals surface area contributed by atoms with Crippen molar-refractivity contribution in [3.05, 3.63) is 22.7 Å². The van der Waals surface area contributed by atoms with Crippen molar-refractivity contribution in [2.45, 2.75) is 70.4 Å². The van der Waals surface area contributed by atoms with Gasteiger partial charge in [-0.15, -0.1) is 0 Å². The van der Waals surface area contributed by atoms with E-state index in [1.165, 1.54) is 23.8 Å². The zero-order valence-electron chi connectivity index (χ0n) is 16.6. The van der Waals surface area contributed by atoms with Crippen molar-refractivity contribution in [2.75, 3.05) is 11.9 Å². The molecule has 0 saturated carbocycles. The maximum Gasteiger partial charge on any atom is 0.351 e. The number of hydrogen-bond acceptors (Lipinski definition) is 7. The van der Waals surface area contributed by atoms with Crippen molar-refractivity contribution >= 4 is 20.0 Å². The number of hydrogen-bond donors (Lipinski definition) is 3. The minimum atomic E-state index is -2.29. The second-order valence-electron chi connectivity index (χ2n) is 8.26. The summed E-state index contributed by atoms with van der Waals surface area (Å²) in [5, 5.41) is 22.4. The minimum Gasteiger partial charge on any atom is -0.407 e. The summed E-state index contributed by atoms with van der Waals surface area (Å²) in [6.45, 7) is 11.2. The molecule has 3 N–H and O–H groups in total. The van der Waals surface area contributed by atoms with E-state index in [0.29, 0.717) is 0 Å². The van der Waals surface area contributed by atoms with Gasteiger partial charge in [0.1, 0.15) is 24.1 Å². The van der Waals surface area contributed by atoms with Crippen LogP contribution in [0.3, 0.4) is 0 Å². The molecule has 152 valence electrons. The molecular formula is C17H29N3O6Si. The number of anilines is 1. The molecule has 2 unspecified atom stereocenters. The fourth-order valence-electron chi connectivity index (χ4n) is 2.59. The molecule has 1 aromatic rings. The molecule has 10 heteroatoms. The van der Waals surface area contributed by atoms with Crippen molar-refractivity contribution in [2.24, 2.45) is 0 Å². The third-order valence-electron chi connectivity index (χ3n) is 5.14. The first-order valence-corrected chi connectivity index (χ1v) is 11.8. The van der Waals surface area contributed by atoms with Gasteiger partial charge in [-0.1, -0.05) is 20.8 Å². The number of carbonyl (C=O) groups is 1. The molecule has 2 heterocycles. The summed E-state index contributed by atoms with van der Waals surface area (Å²) in [5.41, 5.74) is -0.652. The van der Waals surface area contributed by atoms with Crippen molar-refractivity contribution in [1.29, 1.82) is 0 Å². The molecule has 0 spiro atoms. The van der Waals surface area contributed by atoms with Gasteiger partial charge in [-0.3, -0.25) is 9.36 Å². The van der Waals surface area contributed by atoms with Crippen molar-refractivity contribution in [1.82, 2.24) is 9.55 Å². The lowest BCUT2D eigenvalue weighted by molar-refractivity contribution is -0.114. The van der Waals surface area contributed by atoms with Crippen molar-refractivity contribution in [3.8, 4) is 0 Å². The van der Waals surface area contributed by atoms with Gasteiger partial charge in [-0.25, -0.2) is 4.79 Å². The number of nitrogens with zero attached hydrogens (tertiary/aromatic N) is 2. The fourth-order valence-corrected chi connectivity index (χ4v) is 3.88. The second-order valence-corrected chi connectivity index (χ2v) is 13.0. The van der Waals surface area contributed by atoms with Crippen LogP contribution < -0.4 is 11.0 Å². The predicted molar refractivity (Wildman–Crippen MR) is 102 cm³/mol. The first-order chi connectivity index (χ1) is 12.4. The molecule has 1 aliphatic rings. The summed E-state index contributed by atoms with van der Waals surface area (Å²) in [7, 11) is -2.29. The maximum absolute atomic E-state index is 12.5. The minimum absolute atomic E-state index is 0.118. The molecule has 2 rings (SSSR count). The quantitative estimate of drug-likeness (QED) is 0.627. The van der Waals surface area contributed by atoms with Gasteiger partial charge >= 0.3 is 5.69 Å². The Morgan fingerprint density at radius 2 is 2.07 bits per heavy atom. The average molecular weight is 400 g/mol. The van der Waals surface area contributed by atoms with Gasteiger partial charge in [-0.05, 0) is 24.2 Å². The number of nitrogens with one attached hydrogen (secondary N) is 1. The maximum atomic E-state index is 12.5. The largest absolute Gasteiger partial charge is 0.407 e. The molecule has 27 heavy (non-hydrogen) atoms. The number of aliphatic hydroxyl groups excluding tert-OH is 2. The Morgan fingerprint density at radius 3 is 2.56 bits per heavy atom. The summed E-state index contributed by atoms with van der Waals surface area (Å²) in [6.07, 6.45) is -2.28. The van der Waals surface area contributed by atoms with Crippen LogP contribution in [0.5, 0.6) is 0 Å². The van der Waals surface area contributed by atoms with Gasteiger partial charge < -0.3 is 24.7 Å². The van der Waals surface area contributed by atoms with E-state index in [1.54, 1.807) is 0 Å². The van der Waals surface area contributed by atoms with Crippen LogP contribution in [0, 0.1) is 0 Å². The van der Waals surface area contributed by atoms with Crippen LogP contribution in [0.25, 0.3) is 0 Å². The van der Waals surface area contributed by atoms with Crippen molar-refractivity contribution < 1.29 is 24.2 Å². The highest BCUT2D eigenvalue weighted by Gasteiger charge is 2.50. The zero-order valence-corrected chi connectivity index (χ0v) is 17.6. The van der Waals surface area contributed by atoms with Crippen LogP contribution in [0.15, 0.2) is 17.1 Å². The van der Waals surface area contributed by atoms with E-state index in [0.717, 1.165) is 0 Å². The average Bonchev–Trinajstić information content (AvgIpc) is 2.82. The molecule has 1 fully saturated rings. The molecule has 0 radical (unpaired) electrons. The molecule has 1 amide bonds. The SMILES string of the molecule is CC(=O)Nc1ccn([C@@H]2O[C@H](CO)C(O)C2O[Si](C)(C)C(C)(C)C)c(=O)n1. The van der Waals surface area contributed by atoms with E-state index >= 15 is 0 Å². The van der Waals surface area contributed by atoms with Gasteiger partial charge in [0.05, 0.1) is 6.61 Å². The summed E-state index contributed by atoms with van der Waals surface area (Å²) >= 11 is 0. The molecule has 1 saturated heterocycles. The number of ether oxygens (including phenoxy) is 1. The topological polar surface area (TPSA) is 123 Å². The molecule has 0 aromatic carbocycles. The highest BCUT2D eigenvalue weighted by Crippen LogP contribution is 2.41. The molecule has 0 aliphatic carbocycles. The van der Waals surface area contributed by atoms with Crippen LogP contribution in [0.1, 0.15) is 33.9 Å². The molecule has 1 aliphatic heterocycles. The Balaban J connectivity index is 2.38. The number of carbonyl (C=O) groups excluding carboxylic acids is 1. The third kappa shape index (κ3) is 4.64. The van der Waals surface area contributed by atoms with Crippen LogP contribution in [-0.2, 0) is 14.0 Å². The number of aromatic nitrogens is 2. The summed E-state index contributed by atoms with van der Waals surface area (Å²) < 4.78 is 13.2. The zero-order chi connectivity index (χ0) is 20.6. The van der Waals surface area contributed by atoms with E-state index < -0.39 is 45.2 Å². The van der Waals surface area contributed by atoms with Gasteiger partial charge in [0.15, 0.2) is 14.5 Å². The highest BCUT2D eigenvalue weighted by molar-refractivity contribution is 6.74. The lowest BCUT2D eigenvalue weighted by Gasteiger charge is -2.40. The Bertz CT molecular complexity index is 745. The summed E-state index contributed by atoms with van der Waals surface area (Å²) in [4.78, 5) is 27.4. The predicted octanol–water partition coefficient (Wildman–Crippen LogP) is 0.843. The Hall–Kier alpha value is -1.59. The van der Waals surface area contributed by atoms with E-state index in [2.05, 4.69) is 31.1 Å². The first kappa shape index (κ1) is 21.7. The van der Waals surface area contributed by atoms with E-state index in [1.807, 2.05) is 13.1 Å². The lowest BCUT2D eigenvalue weighted by atomic mass is 10.1. The van der Waals surface area contributed by atoms with Gasteiger partial charge in [0, 0.05) is 13.1 Å². The van der Waals surface area contributed by atoms with Crippen molar-refractivity contribution in [3.63, 3.8) is 0 Å². The summed E-state index contributed by atoms with van der Waals surface area (Å²) in [5.74, 6) is -0.213. The van der Waals surface area contributed by atoms with Crippen LogP contribution >= 0.6 is 0 Å². The molecule has 9 nitrogen and oxygen atoms in total. The Morgan fingerprint density at radius 1 is 1.44 bits per heavy atom. The van der Waals surface area contributed by atoms with Gasteiger partial charge in [-0.2, -0.15) is 4.98 Å². The third-order valence-corrected chi connectivity index (χ3v) is 9.61. The van der Waals surface area contributed by atoms with Crippen LogP contribution in [0.2, 0.25) is 18.1 Å². The Kier molecular flexibility index (Phi) is 6.27. The molecular weight excluding hydrogens is 370 g/mol. The van der Waals surface area contributed by atoms with Crippen LogP contribution in [0.4, 0.5) is 5.82 Å². The smallest absolute Gasteiger partial charge is 0.351 e. The lowest BCUT2D eigenvalue weighted by Crippen LogP contribution is -2.49. The van der Waals surface area contributed by atoms with Gasteiger partial charge in [0.2, 0.25) is 5.91 Å². The van der Waals surface area contributed by atoms with E-state index in [-0.39, 0.29) is 16.8 Å². The summed E-state index contributed by atoms with van der Waals surface area (Å²) in [6, 6.07) is 1.47. The Labute approximate surface area is 159 Å². The second kappa shape index (κ2) is 7.80. The molecule has 1 aromatic heterocycles. The number of amides is 1. The highest BCUT2D eigenvalue weighted by atomic mass is 28.4. The van der Waals surface area contributed by atoms with Crippen LogP contribution in [-0.4, -0.2) is 58.9 Å². The van der Waals surface area contributed by atoms with E-state index in [4.69, 9.17) is 9.16 Å². The molecule has 0 bridgehead atoms. The fraction of sp³-hybridized carbons (Fsp3) is 0.706. The van der Waals surface area contributed by atoms with E-state index in [9.17, 15) is 19.8 Å². The number of aliphatic hydroxyl groups is 2.